The highest BCUT2D eigenvalue weighted by Gasteiger charge is 2.25. The molecule has 0 unspecified atom stereocenters. The molecule has 1 aromatic heterocycles. The Morgan fingerprint density at radius 3 is 2.33 bits per heavy atom. The van der Waals surface area contributed by atoms with Crippen molar-refractivity contribution in [3.63, 3.8) is 0 Å². The van der Waals surface area contributed by atoms with Gasteiger partial charge in [0.05, 0.1) is 17.2 Å². The Morgan fingerprint density at radius 2 is 2.00 bits per heavy atom. The van der Waals surface area contributed by atoms with E-state index in [1.807, 2.05) is 6.92 Å². The molecule has 1 aromatic rings. The number of carbonyl (C=O) groups excluding carboxylic acids is 1. The first kappa shape index (κ1) is 9.26. The van der Waals surface area contributed by atoms with Crippen molar-refractivity contribution in [2.45, 2.75) is 26.6 Å². The molecule has 0 radical (unpaired) electrons. The number of rotatable bonds is 2. The highest BCUT2D eigenvalue weighted by molar-refractivity contribution is 6.88. The lowest BCUT2D eigenvalue weighted by molar-refractivity contribution is 0.112. The molecule has 12 heavy (non-hydrogen) atoms. The molecule has 0 amide bonds. The number of aryl methyl sites for hydroxylation is 1. The second-order valence-electron chi connectivity index (χ2n) is 4.03. The molecule has 0 spiro atoms. The summed E-state index contributed by atoms with van der Waals surface area (Å²) in [4.78, 5) is 10.7. The average Bonchev–Trinajstić information content (AvgIpc) is 2.29. The standard InChI is InChI=1S/C9H14O2Si/c1-7-6-11-9(8(7)5-10)12(2,3)4/h5-6H,1-4H3. The van der Waals surface area contributed by atoms with Crippen LogP contribution in [0.25, 0.3) is 0 Å². The van der Waals surface area contributed by atoms with Crippen LogP contribution in [-0.4, -0.2) is 14.4 Å². The quantitative estimate of drug-likeness (QED) is 0.517. The van der Waals surface area contributed by atoms with Crippen molar-refractivity contribution in [1.29, 1.82) is 0 Å². The molecule has 0 aromatic carbocycles. The van der Waals surface area contributed by atoms with Crippen molar-refractivity contribution in [3.8, 4) is 0 Å². The molecule has 0 fully saturated rings. The number of furan rings is 1. The van der Waals surface area contributed by atoms with E-state index in [9.17, 15) is 4.79 Å². The van der Waals surface area contributed by atoms with Gasteiger partial charge in [0.25, 0.3) is 0 Å². The fourth-order valence-electron chi connectivity index (χ4n) is 1.18. The molecule has 0 aliphatic rings. The first-order valence-corrected chi connectivity index (χ1v) is 7.50. The van der Waals surface area contributed by atoms with Gasteiger partial charge >= 0.3 is 0 Å². The van der Waals surface area contributed by atoms with Gasteiger partial charge in [-0.05, 0) is 12.5 Å². The molecule has 0 bridgehead atoms. The van der Waals surface area contributed by atoms with Gasteiger partial charge in [0.15, 0.2) is 6.29 Å². The van der Waals surface area contributed by atoms with Crippen LogP contribution in [0.15, 0.2) is 10.7 Å². The van der Waals surface area contributed by atoms with Gasteiger partial charge in [-0.15, -0.1) is 0 Å². The van der Waals surface area contributed by atoms with Crippen molar-refractivity contribution in [2.24, 2.45) is 0 Å². The van der Waals surface area contributed by atoms with E-state index in [4.69, 9.17) is 4.42 Å². The van der Waals surface area contributed by atoms with E-state index >= 15 is 0 Å². The van der Waals surface area contributed by atoms with Gasteiger partial charge in [-0.3, -0.25) is 4.79 Å². The van der Waals surface area contributed by atoms with Gasteiger partial charge in [-0.25, -0.2) is 0 Å². The molecule has 3 heteroatoms. The normalized spacial score (nSPS) is 11.7. The van der Waals surface area contributed by atoms with Crippen molar-refractivity contribution in [3.05, 3.63) is 17.4 Å². The van der Waals surface area contributed by atoms with Gasteiger partial charge in [-0.1, -0.05) is 19.6 Å². The highest BCUT2D eigenvalue weighted by Crippen LogP contribution is 2.10. The van der Waals surface area contributed by atoms with Crippen LogP contribution < -0.4 is 5.38 Å². The molecule has 66 valence electrons. The van der Waals surface area contributed by atoms with Crippen LogP contribution >= 0.6 is 0 Å². The zero-order chi connectivity index (χ0) is 9.35. The second-order valence-corrected chi connectivity index (χ2v) is 8.98. The fraction of sp³-hybridized carbons (Fsp3) is 0.444. The van der Waals surface area contributed by atoms with E-state index in [-0.39, 0.29) is 0 Å². The van der Waals surface area contributed by atoms with E-state index in [2.05, 4.69) is 19.6 Å². The molecular formula is C9H14O2Si. The summed E-state index contributed by atoms with van der Waals surface area (Å²) in [6, 6.07) is 0. The van der Waals surface area contributed by atoms with E-state index in [0.717, 1.165) is 22.8 Å². The number of hydrogen-bond acceptors (Lipinski definition) is 2. The van der Waals surface area contributed by atoms with E-state index in [1.165, 1.54) is 0 Å². The van der Waals surface area contributed by atoms with Gasteiger partial charge in [-0.2, -0.15) is 0 Å². The summed E-state index contributed by atoms with van der Waals surface area (Å²) in [7, 11) is -1.48. The third kappa shape index (κ3) is 1.50. The zero-order valence-corrected chi connectivity index (χ0v) is 8.97. The van der Waals surface area contributed by atoms with Crippen LogP contribution in [0.5, 0.6) is 0 Å². The molecular weight excluding hydrogens is 168 g/mol. The van der Waals surface area contributed by atoms with Crippen LogP contribution in [0.2, 0.25) is 19.6 Å². The summed E-state index contributed by atoms with van der Waals surface area (Å²) >= 11 is 0. The summed E-state index contributed by atoms with van der Waals surface area (Å²) in [5.74, 6) is 0. The minimum Gasteiger partial charge on any atom is -0.473 e. The summed E-state index contributed by atoms with van der Waals surface area (Å²) in [6.45, 7) is 8.39. The van der Waals surface area contributed by atoms with Crippen molar-refractivity contribution in [2.75, 3.05) is 0 Å². The van der Waals surface area contributed by atoms with E-state index in [1.54, 1.807) is 6.26 Å². The molecule has 0 saturated carbocycles. The Morgan fingerprint density at radius 1 is 1.42 bits per heavy atom. The van der Waals surface area contributed by atoms with Crippen molar-refractivity contribution < 1.29 is 9.21 Å². The Balaban J connectivity index is 3.25. The van der Waals surface area contributed by atoms with Gasteiger partial charge < -0.3 is 4.42 Å². The minimum atomic E-state index is -1.48. The lowest BCUT2D eigenvalue weighted by atomic mass is 10.2. The number of carbonyl (C=O) groups is 1. The van der Waals surface area contributed by atoms with Crippen LogP contribution in [0.4, 0.5) is 0 Å². The maximum atomic E-state index is 10.7. The molecule has 1 heterocycles. The predicted molar refractivity (Wildman–Crippen MR) is 51.8 cm³/mol. The molecule has 0 saturated heterocycles. The minimum absolute atomic E-state index is 0.758. The van der Waals surface area contributed by atoms with E-state index in [0.29, 0.717) is 0 Å². The highest BCUT2D eigenvalue weighted by atomic mass is 28.3. The maximum Gasteiger partial charge on any atom is 0.153 e. The predicted octanol–water partition coefficient (Wildman–Crippen LogP) is 1.95. The fourth-order valence-corrected chi connectivity index (χ4v) is 2.66. The smallest absolute Gasteiger partial charge is 0.153 e. The summed E-state index contributed by atoms with van der Waals surface area (Å²) in [6.07, 6.45) is 2.56. The van der Waals surface area contributed by atoms with Gasteiger partial charge in [0.2, 0.25) is 0 Å². The van der Waals surface area contributed by atoms with Crippen molar-refractivity contribution in [1.82, 2.24) is 0 Å². The number of aldehydes is 1. The molecule has 2 nitrogen and oxygen atoms in total. The SMILES string of the molecule is Cc1coc([Si](C)(C)C)c1C=O. The molecule has 0 N–H and O–H groups in total. The van der Waals surface area contributed by atoms with Crippen molar-refractivity contribution >= 4 is 19.7 Å². The van der Waals surface area contributed by atoms with Crippen LogP contribution in [0.3, 0.4) is 0 Å². The van der Waals surface area contributed by atoms with Crippen LogP contribution in [-0.2, 0) is 0 Å². The zero-order valence-electron chi connectivity index (χ0n) is 7.97. The van der Waals surface area contributed by atoms with E-state index < -0.39 is 8.07 Å². The van der Waals surface area contributed by atoms with Crippen LogP contribution in [0.1, 0.15) is 15.9 Å². The summed E-state index contributed by atoms with van der Waals surface area (Å²) in [5.41, 5.74) is 1.71. The number of hydrogen-bond donors (Lipinski definition) is 0. The van der Waals surface area contributed by atoms with Crippen LogP contribution in [0, 0.1) is 6.92 Å². The monoisotopic (exact) mass is 182 g/mol. The Labute approximate surface area is 73.6 Å². The van der Waals surface area contributed by atoms with Gasteiger partial charge in [0, 0.05) is 0 Å². The topological polar surface area (TPSA) is 30.2 Å². The lowest BCUT2D eigenvalue weighted by Crippen LogP contribution is -2.38. The summed E-state index contributed by atoms with van der Waals surface area (Å²) < 4.78 is 5.38. The molecule has 0 aliphatic carbocycles. The van der Waals surface area contributed by atoms with Gasteiger partial charge in [0.1, 0.15) is 8.07 Å². The first-order valence-electron chi connectivity index (χ1n) is 4.00. The first-order chi connectivity index (χ1) is 5.46. The lowest BCUT2D eigenvalue weighted by Gasteiger charge is -2.12. The largest absolute Gasteiger partial charge is 0.473 e. The third-order valence-electron chi connectivity index (χ3n) is 1.82. The third-order valence-corrected chi connectivity index (χ3v) is 3.57. The summed E-state index contributed by atoms with van der Waals surface area (Å²) in [5, 5.41) is 0.912. The second kappa shape index (κ2) is 2.90. The molecule has 0 atom stereocenters. The Hall–Kier alpha value is -0.833. The molecule has 1 rings (SSSR count). The molecule has 0 aliphatic heterocycles. The maximum absolute atomic E-state index is 10.7. The Kier molecular flexibility index (Phi) is 2.24. The average molecular weight is 182 g/mol. The Bertz CT molecular complexity index is 294.